The first-order chi connectivity index (χ1) is 8.65. The molecule has 0 aromatic heterocycles. The van der Waals surface area contributed by atoms with E-state index in [0.29, 0.717) is 11.3 Å². The second-order valence-electron chi connectivity index (χ2n) is 3.54. The van der Waals surface area contributed by atoms with Gasteiger partial charge in [0.25, 0.3) is 0 Å². The Kier molecular flexibility index (Phi) is 5.87. The lowest BCUT2D eigenvalue weighted by Crippen LogP contribution is -2.13. The van der Waals surface area contributed by atoms with Crippen molar-refractivity contribution < 1.29 is 23.8 Å². The Morgan fingerprint density at radius 2 is 1.89 bits per heavy atom. The van der Waals surface area contributed by atoms with Gasteiger partial charge in [0.15, 0.2) is 5.78 Å². The Morgan fingerprint density at radius 3 is 2.56 bits per heavy atom. The van der Waals surface area contributed by atoms with Gasteiger partial charge in [-0.2, -0.15) is 0 Å². The van der Waals surface area contributed by atoms with E-state index in [2.05, 4.69) is 0 Å². The average Bonchev–Trinajstić information content (AvgIpc) is 2.35. The number of hydrogen-bond acceptors (Lipinski definition) is 5. The summed E-state index contributed by atoms with van der Waals surface area (Å²) >= 11 is 0. The first kappa shape index (κ1) is 14.2. The minimum atomic E-state index is -0.359. The van der Waals surface area contributed by atoms with E-state index in [0.717, 1.165) is 0 Å². The van der Waals surface area contributed by atoms with Crippen molar-refractivity contribution in [2.75, 3.05) is 26.9 Å². The molecule has 1 aromatic carbocycles. The first-order valence-electron chi connectivity index (χ1n) is 5.52. The highest BCUT2D eigenvalue weighted by Crippen LogP contribution is 2.18. The number of benzene rings is 1. The molecule has 0 aliphatic rings. The van der Waals surface area contributed by atoms with Gasteiger partial charge in [-0.15, -0.1) is 0 Å². The summed E-state index contributed by atoms with van der Waals surface area (Å²) in [5, 5.41) is 0. The summed E-state index contributed by atoms with van der Waals surface area (Å²) in [6.07, 6.45) is 0. The molecule has 0 saturated heterocycles. The number of Topliss-reactive ketones (excluding diaryl/α,β-unsaturated/α-hetero) is 1. The molecule has 0 amide bonds. The van der Waals surface area contributed by atoms with E-state index < -0.39 is 0 Å². The van der Waals surface area contributed by atoms with Crippen LogP contribution in [0.25, 0.3) is 0 Å². The number of ketones is 1. The molecule has 1 aromatic rings. The third kappa shape index (κ3) is 4.55. The fourth-order valence-electron chi connectivity index (χ4n) is 1.37. The largest absolute Gasteiger partial charge is 0.489 e. The van der Waals surface area contributed by atoms with Crippen LogP contribution in [0.4, 0.5) is 0 Å². The molecule has 0 aliphatic heterocycles. The summed E-state index contributed by atoms with van der Waals surface area (Å²) in [7, 11) is 1.46. The number of methoxy groups -OCH3 is 1. The molecule has 18 heavy (non-hydrogen) atoms. The van der Waals surface area contributed by atoms with E-state index >= 15 is 0 Å². The third-order valence-electron chi connectivity index (χ3n) is 2.11. The first-order valence-corrected chi connectivity index (χ1v) is 5.52. The lowest BCUT2D eigenvalue weighted by molar-refractivity contribution is -0.141. The number of ether oxygens (including phenoxy) is 3. The van der Waals surface area contributed by atoms with Gasteiger partial charge in [0.1, 0.15) is 25.6 Å². The number of para-hydroxylation sites is 1. The van der Waals surface area contributed by atoms with Crippen molar-refractivity contribution in [1.29, 1.82) is 0 Å². The molecule has 0 heterocycles. The molecule has 0 spiro atoms. The van der Waals surface area contributed by atoms with Crippen LogP contribution in [0.15, 0.2) is 24.3 Å². The fourth-order valence-corrected chi connectivity index (χ4v) is 1.37. The van der Waals surface area contributed by atoms with Crippen molar-refractivity contribution in [3.8, 4) is 5.75 Å². The zero-order chi connectivity index (χ0) is 13.4. The highest BCUT2D eigenvalue weighted by molar-refractivity contribution is 5.99. The molecule has 5 nitrogen and oxygen atoms in total. The standard InChI is InChI=1S/C13H16O5/c1-10(14)17-7-8-18-13-6-4-3-5-11(13)12(15)9-16-2/h3-6H,7-9H2,1-2H3. The molecule has 1 rings (SSSR count). The molecule has 0 aliphatic carbocycles. The fraction of sp³-hybridized carbons (Fsp3) is 0.385. The van der Waals surface area contributed by atoms with Gasteiger partial charge in [-0.1, -0.05) is 12.1 Å². The van der Waals surface area contributed by atoms with Crippen LogP contribution in [0.5, 0.6) is 5.75 Å². The van der Waals surface area contributed by atoms with E-state index in [1.807, 2.05) is 0 Å². The molecular weight excluding hydrogens is 236 g/mol. The molecule has 0 unspecified atom stereocenters. The zero-order valence-corrected chi connectivity index (χ0v) is 10.5. The molecule has 0 N–H and O–H groups in total. The number of carbonyl (C=O) groups is 2. The van der Waals surface area contributed by atoms with Crippen LogP contribution >= 0.6 is 0 Å². The number of rotatable bonds is 7. The van der Waals surface area contributed by atoms with E-state index in [4.69, 9.17) is 14.2 Å². The van der Waals surface area contributed by atoms with Gasteiger partial charge in [0.2, 0.25) is 0 Å². The lowest BCUT2D eigenvalue weighted by Gasteiger charge is -2.10. The molecular formula is C13H16O5. The second-order valence-corrected chi connectivity index (χ2v) is 3.54. The van der Waals surface area contributed by atoms with Crippen LogP contribution in [-0.4, -0.2) is 38.7 Å². The van der Waals surface area contributed by atoms with Gasteiger partial charge >= 0.3 is 5.97 Å². The second kappa shape index (κ2) is 7.45. The summed E-state index contributed by atoms with van der Waals surface area (Å²) < 4.78 is 14.9. The van der Waals surface area contributed by atoms with Crippen LogP contribution in [0, 0.1) is 0 Å². The normalized spacial score (nSPS) is 9.89. The van der Waals surface area contributed by atoms with Gasteiger partial charge in [-0.3, -0.25) is 9.59 Å². The van der Waals surface area contributed by atoms with E-state index in [1.54, 1.807) is 24.3 Å². The molecule has 0 bridgehead atoms. The third-order valence-corrected chi connectivity index (χ3v) is 2.11. The van der Waals surface area contributed by atoms with Crippen molar-refractivity contribution >= 4 is 11.8 Å². The predicted molar refractivity (Wildman–Crippen MR) is 64.8 cm³/mol. The highest BCUT2D eigenvalue weighted by Gasteiger charge is 2.11. The van der Waals surface area contributed by atoms with Crippen LogP contribution < -0.4 is 4.74 Å². The van der Waals surface area contributed by atoms with Crippen molar-refractivity contribution in [1.82, 2.24) is 0 Å². The predicted octanol–water partition coefficient (Wildman–Crippen LogP) is 1.46. The Bertz CT molecular complexity index is 414. The maximum atomic E-state index is 11.7. The Labute approximate surface area is 106 Å². The SMILES string of the molecule is COCC(=O)c1ccccc1OCCOC(C)=O. The van der Waals surface area contributed by atoms with Crippen molar-refractivity contribution in [2.45, 2.75) is 6.92 Å². The van der Waals surface area contributed by atoms with Gasteiger partial charge in [0, 0.05) is 14.0 Å². The molecule has 0 atom stereocenters. The number of carbonyl (C=O) groups excluding carboxylic acids is 2. The highest BCUT2D eigenvalue weighted by atomic mass is 16.6. The minimum absolute atomic E-state index is 0.00428. The summed E-state index contributed by atoms with van der Waals surface area (Å²) in [5.41, 5.74) is 0.460. The Balaban J connectivity index is 2.59. The quantitative estimate of drug-likeness (QED) is 0.417. The average molecular weight is 252 g/mol. The Morgan fingerprint density at radius 1 is 1.17 bits per heavy atom. The van der Waals surface area contributed by atoms with Crippen molar-refractivity contribution in [3.05, 3.63) is 29.8 Å². The molecule has 5 heteroatoms. The van der Waals surface area contributed by atoms with Gasteiger partial charge < -0.3 is 14.2 Å². The lowest BCUT2D eigenvalue weighted by atomic mass is 10.1. The zero-order valence-electron chi connectivity index (χ0n) is 10.5. The summed E-state index contributed by atoms with van der Waals surface area (Å²) in [5.74, 6) is -0.0466. The van der Waals surface area contributed by atoms with Gasteiger partial charge in [0.05, 0.1) is 5.56 Å². The van der Waals surface area contributed by atoms with Gasteiger partial charge in [-0.25, -0.2) is 0 Å². The molecule has 0 saturated carbocycles. The van der Waals surface area contributed by atoms with Crippen LogP contribution in [-0.2, 0) is 14.3 Å². The summed E-state index contributed by atoms with van der Waals surface area (Å²) in [6.45, 7) is 1.69. The van der Waals surface area contributed by atoms with Crippen molar-refractivity contribution in [3.63, 3.8) is 0 Å². The Hall–Kier alpha value is -1.88. The molecule has 0 radical (unpaired) electrons. The monoisotopic (exact) mass is 252 g/mol. The smallest absolute Gasteiger partial charge is 0.302 e. The van der Waals surface area contributed by atoms with Gasteiger partial charge in [-0.05, 0) is 12.1 Å². The van der Waals surface area contributed by atoms with E-state index in [1.165, 1.54) is 14.0 Å². The maximum Gasteiger partial charge on any atom is 0.302 e. The van der Waals surface area contributed by atoms with Crippen LogP contribution in [0.1, 0.15) is 17.3 Å². The molecule has 0 fully saturated rings. The minimum Gasteiger partial charge on any atom is -0.489 e. The summed E-state index contributed by atoms with van der Waals surface area (Å²) in [6, 6.07) is 6.88. The van der Waals surface area contributed by atoms with Crippen LogP contribution in [0.3, 0.4) is 0 Å². The topological polar surface area (TPSA) is 61.8 Å². The molecule has 98 valence electrons. The maximum absolute atomic E-state index is 11.7. The van der Waals surface area contributed by atoms with E-state index in [-0.39, 0.29) is 31.6 Å². The van der Waals surface area contributed by atoms with E-state index in [9.17, 15) is 9.59 Å². The summed E-state index contributed by atoms with van der Waals surface area (Å²) in [4.78, 5) is 22.3. The van der Waals surface area contributed by atoms with Crippen LogP contribution in [0.2, 0.25) is 0 Å². The number of esters is 1. The number of hydrogen-bond donors (Lipinski definition) is 0. The van der Waals surface area contributed by atoms with Crippen molar-refractivity contribution in [2.24, 2.45) is 0 Å².